The minimum Gasteiger partial charge on any atom is -0.350 e. The molecule has 0 spiro atoms. The predicted molar refractivity (Wildman–Crippen MR) is 117 cm³/mol. The molecular formula is C25H27N3O3. The van der Waals surface area contributed by atoms with Crippen LogP contribution in [0, 0.1) is 0 Å². The molecule has 1 saturated heterocycles. The SMILES string of the molecule is O=C1c2ccccc2N2C(=O)CC[C@]2(C(=O)NC2CCCCC2)N1Cc1ccccc1. The van der Waals surface area contributed by atoms with Crippen LogP contribution in [-0.4, -0.2) is 34.3 Å². The average Bonchev–Trinajstić information content (AvgIpc) is 3.16. The van der Waals surface area contributed by atoms with Crippen LogP contribution in [0.4, 0.5) is 5.69 Å². The summed E-state index contributed by atoms with van der Waals surface area (Å²) in [4.78, 5) is 43.8. The van der Waals surface area contributed by atoms with E-state index >= 15 is 0 Å². The van der Waals surface area contributed by atoms with Crippen LogP contribution in [0.1, 0.15) is 60.9 Å². The molecule has 31 heavy (non-hydrogen) atoms. The monoisotopic (exact) mass is 417 g/mol. The molecule has 2 heterocycles. The van der Waals surface area contributed by atoms with Gasteiger partial charge in [-0.25, -0.2) is 0 Å². The average molecular weight is 418 g/mol. The molecule has 160 valence electrons. The second kappa shape index (κ2) is 7.84. The van der Waals surface area contributed by atoms with Gasteiger partial charge >= 0.3 is 0 Å². The molecule has 2 aromatic rings. The van der Waals surface area contributed by atoms with Crippen molar-refractivity contribution in [1.29, 1.82) is 0 Å². The van der Waals surface area contributed by atoms with Crippen LogP contribution in [0.2, 0.25) is 0 Å². The largest absolute Gasteiger partial charge is 0.350 e. The van der Waals surface area contributed by atoms with Gasteiger partial charge in [-0.3, -0.25) is 19.3 Å². The molecule has 1 atom stereocenters. The molecule has 2 fully saturated rings. The molecule has 2 aromatic carbocycles. The van der Waals surface area contributed by atoms with E-state index in [1.165, 1.54) is 6.42 Å². The smallest absolute Gasteiger partial charge is 0.267 e. The molecule has 5 rings (SSSR count). The topological polar surface area (TPSA) is 69.7 Å². The van der Waals surface area contributed by atoms with Crippen molar-refractivity contribution in [2.75, 3.05) is 4.90 Å². The van der Waals surface area contributed by atoms with Gasteiger partial charge in [-0.1, -0.05) is 61.7 Å². The zero-order valence-electron chi connectivity index (χ0n) is 17.5. The number of hydrogen-bond donors (Lipinski definition) is 1. The van der Waals surface area contributed by atoms with Gasteiger partial charge in [0, 0.05) is 25.4 Å². The summed E-state index contributed by atoms with van der Waals surface area (Å²) in [5.74, 6) is -0.551. The summed E-state index contributed by atoms with van der Waals surface area (Å²) in [6.45, 7) is 0.274. The summed E-state index contributed by atoms with van der Waals surface area (Å²) >= 11 is 0. The fourth-order valence-corrected chi connectivity index (χ4v) is 5.32. The van der Waals surface area contributed by atoms with Crippen molar-refractivity contribution in [1.82, 2.24) is 10.2 Å². The Morgan fingerprint density at radius 2 is 1.68 bits per heavy atom. The second-order valence-corrected chi connectivity index (χ2v) is 8.75. The molecule has 0 bridgehead atoms. The molecule has 3 amide bonds. The number of anilines is 1. The summed E-state index contributed by atoms with van der Waals surface area (Å²) in [6.07, 6.45) is 5.81. The van der Waals surface area contributed by atoms with Gasteiger partial charge in [0.25, 0.3) is 11.8 Å². The lowest BCUT2D eigenvalue weighted by molar-refractivity contribution is -0.134. The van der Waals surface area contributed by atoms with Crippen LogP contribution in [0.15, 0.2) is 54.6 Å². The van der Waals surface area contributed by atoms with Gasteiger partial charge in [-0.15, -0.1) is 0 Å². The Balaban J connectivity index is 1.60. The first-order valence-corrected chi connectivity index (χ1v) is 11.2. The molecular weight excluding hydrogens is 390 g/mol. The maximum atomic E-state index is 13.9. The second-order valence-electron chi connectivity index (χ2n) is 8.75. The van der Waals surface area contributed by atoms with E-state index in [4.69, 9.17) is 0 Å². The van der Waals surface area contributed by atoms with Crippen molar-refractivity contribution in [2.45, 2.75) is 63.2 Å². The fourth-order valence-electron chi connectivity index (χ4n) is 5.32. The van der Waals surface area contributed by atoms with Gasteiger partial charge < -0.3 is 10.2 Å². The van der Waals surface area contributed by atoms with Gasteiger partial charge in [0.05, 0.1) is 11.3 Å². The van der Waals surface area contributed by atoms with Crippen LogP contribution >= 0.6 is 0 Å². The summed E-state index contributed by atoms with van der Waals surface area (Å²) in [7, 11) is 0. The van der Waals surface area contributed by atoms with Gasteiger partial charge in [-0.2, -0.15) is 0 Å². The fraction of sp³-hybridized carbons (Fsp3) is 0.400. The molecule has 0 radical (unpaired) electrons. The highest BCUT2D eigenvalue weighted by molar-refractivity contribution is 6.16. The van der Waals surface area contributed by atoms with E-state index in [1.54, 1.807) is 28.0 Å². The number of nitrogens with zero attached hydrogens (tertiary/aromatic N) is 2. The predicted octanol–water partition coefficient (Wildman–Crippen LogP) is 3.61. The van der Waals surface area contributed by atoms with E-state index < -0.39 is 5.66 Å². The number of benzene rings is 2. The Kier molecular flexibility index (Phi) is 5.00. The lowest BCUT2D eigenvalue weighted by Crippen LogP contribution is -2.70. The third kappa shape index (κ3) is 3.21. The maximum Gasteiger partial charge on any atom is 0.267 e. The molecule has 0 unspecified atom stereocenters. The third-order valence-corrected chi connectivity index (χ3v) is 6.86. The van der Waals surface area contributed by atoms with E-state index in [1.807, 2.05) is 36.4 Å². The number of carbonyl (C=O) groups excluding carboxylic acids is 3. The molecule has 1 saturated carbocycles. The normalized spacial score (nSPS) is 23.5. The van der Waals surface area contributed by atoms with Crippen molar-refractivity contribution in [3.8, 4) is 0 Å². The van der Waals surface area contributed by atoms with E-state index in [0.29, 0.717) is 17.7 Å². The van der Waals surface area contributed by atoms with Crippen LogP contribution < -0.4 is 10.2 Å². The molecule has 0 aromatic heterocycles. The molecule has 3 aliphatic rings. The van der Waals surface area contributed by atoms with E-state index in [2.05, 4.69) is 5.32 Å². The molecule has 2 aliphatic heterocycles. The Morgan fingerprint density at radius 1 is 0.968 bits per heavy atom. The van der Waals surface area contributed by atoms with Gasteiger partial charge in [0.1, 0.15) is 0 Å². The minimum atomic E-state index is -1.32. The number of amides is 3. The number of nitrogens with one attached hydrogen (secondary N) is 1. The molecule has 1 aliphatic carbocycles. The zero-order valence-corrected chi connectivity index (χ0v) is 17.5. The Hall–Kier alpha value is -3.15. The number of para-hydroxylation sites is 1. The lowest BCUT2D eigenvalue weighted by Gasteiger charge is -2.49. The van der Waals surface area contributed by atoms with Crippen LogP contribution in [0.25, 0.3) is 0 Å². The molecule has 1 N–H and O–H groups in total. The van der Waals surface area contributed by atoms with Crippen LogP contribution in [-0.2, 0) is 16.1 Å². The quantitative estimate of drug-likeness (QED) is 0.826. The summed E-state index contributed by atoms with van der Waals surface area (Å²) in [5, 5.41) is 3.21. The van der Waals surface area contributed by atoms with Crippen LogP contribution in [0.5, 0.6) is 0 Å². The summed E-state index contributed by atoms with van der Waals surface area (Å²) in [6, 6.07) is 16.9. The summed E-state index contributed by atoms with van der Waals surface area (Å²) < 4.78 is 0. The molecule has 6 nitrogen and oxygen atoms in total. The third-order valence-electron chi connectivity index (χ3n) is 6.86. The maximum absolute atomic E-state index is 13.9. The zero-order chi connectivity index (χ0) is 21.4. The van der Waals surface area contributed by atoms with Crippen molar-refractivity contribution >= 4 is 23.4 Å². The highest BCUT2D eigenvalue weighted by Crippen LogP contribution is 2.45. The highest BCUT2D eigenvalue weighted by atomic mass is 16.2. The van der Waals surface area contributed by atoms with E-state index in [0.717, 1.165) is 31.2 Å². The van der Waals surface area contributed by atoms with Crippen LogP contribution in [0.3, 0.4) is 0 Å². The molecule has 6 heteroatoms. The first-order chi connectivity index (χ1) is 15.1. The van der Waals surface area contributed by atoms with Crippen molar-refractivity contribution in [3.05, 3.63) is 65.7 Å². The first-order valence-electron chi connectivity index (χ1n) is 11.2. The summed E-state index contributed by atoms with van der Waals surface area (Å²) in [5.41, 5.74) is 0.614. The number of carbonyl (C=O) groups is 3. The highest BCUT2D eigenvalue weighted by Gasteiger charge is 2.60. The van der Waals surface area contributed by atoms with Gasteiger partial charge in [0.15, 0.2) is 0 Å². The minimum absolute atomic E-state index is 0.0963. The van der Waals surface area contributed by atoms with Gasteiger partial charge in [-0.05, 0) is 30.5 Å². The lowest BCUT2D eigenvalue weighted by atomic mass is 9.92. The number of hydrogen-bond acceptors (Lipinski definition) is 3. The number of rotatable bonds is 4. The standard InChI is InChI=1S/C25H27N3O3/c29-22-15-16-25(24(31)26-19-11-5-2-6-12-19)27(17-18-9-3-1-4-10-18)23(30)20-13-7-8-14-21(20)28(22)25/h1,3-4,7-10,13-14,19H,2,5-6,11-12,15-17H2,(H,26,31)/t25-/m0/s1. The number of fused-ring (bicyclic) bond motifs is 3. The van der Waals surface area contributed by atoms with E-state index in [-0.39, 0.29) is 36.7 Å². The Morgan fingerprint density at radius 3 is 2.45 bits per heavy atom. The Labute approximate surface area is 182 Å². The first kappa shape index (κ1) is 19.8. The van der Waals surface area contributed by atoms with Crippen molar-refractivity contribution in [3.63, 3.8) is 0 Å². The van der Waals surface area contributed by atoms with Gasteiger partial charge in [0.2, 0.25) is 11.6 Å². The van der Waals surface area contributed by atoms with E-state index in [9.17, 15) is 14.4 Å². The van der Waals surface area contributed by atoms with Crippen molar-refractivity contribution < 1.29 is 14.4 Å². The van der Waals surface area contributed by atoms with Crippen molar-refractivity contribution in [2.24, 2.45) is 0 Å². The Bertz CT molecular complexity index is 1020.